The lowest BCUT2D eigenvalue weighted by Crippen LogP contribution is -2.41. The molecule has 3 heterocycles. The van der Waals surface area contributed by atoms with Gasteiger partial charge in [-0.05, 0) is 33.3 Å². The normalized spacial score (nSPS) is 17.6. The van der Waals surface area contributed by atoms with Gasteiger partial charge >= 0.3 is 7.12 Å². The Balaban J connectivity index is 1.48. The number of rotatable bonds is 5. The fraction of sp³-hybridized carbons (Fsp3) is 0.350. The van der Waals surface area contributed by atoms with E-state index < -0.39 is 18.3 Å². The maximum Gasteiger partial charge on any atom is 0.498 e. The SMILES string of the molecule is CC1(C)OB(c2cnn(-c3cncc(OCc4ccccc4)n3)c2)OC1(C)C. The number of hydrogen-bond donors (Lipinski definition) is 0. The van der Waals surface area contributed by atoms with E-state index in [2.05, 4.69) is 15.1 Å². The molecule has 1 aliphatic rings. The molecule has 3 aromatic rings. The molecule has 0 unspecified atom stereocenters. The maximum atomic E-state index is 6.07. The van der Waals surface area contributed by atoms with Gasteiger partial charge < -0.3 is 14.0 Å². The van der Waals surface area contributed by atoms with Crippen molar-refractivity contribution >= 4 is 12.6 Å². The van der Waals surface area contributed by atoms with E-state index in [0.29, 0.717) is 18.3 Å². The Hall–Kier alpha value is -2.71. The summed E-state index contributed by atoms with van der Waals surface area (Å²) in [7, 11) is -0.468. The lowest BCUT2D eigenvalue weighted by molar-refractivity contribution is 0.00578. The molecule has 1 aliphatic heterocycles. The van der Waals surface area contributed by atoms with Crippen LogP contribution in [0, 0.1) is 0 Å². The largest absolute Gasteiger partial charge is 0.498 e. The van der Waals surface area contributed by atoms with Crippen LogP contribution in [-0.4, -0.2) is 38.1 Å². The molecule has 4 rings (SSSR count). The minimum Gasteiger partial charge on any atom is -0.472 e. The summed E-state index contributed by atoms with van der Waals surface area (Å²) in [5.74, 6) is 1.00. The molecule has 0 aliphatic carbocycles. The summed E-state index contributed by atoms with van der Waals surface area (Å²) in [6, 6.07) is 9.92. The summed E-state index contributed by atoms with van der Waals surface area (Å²) in [5.41, 5.74) is 1.10. The fourth-order valence-corrected chi connectivity index (χ4v) is 2.81. The number of benzene rings is 1. The molecule has 7 nitrogen and oxygen atoms in total. The molecule has 2 aromatic heterocycles. The first-order chi connectivity index (χ1) is 13.3. The second-order valence-corrected chi connectivity index (χ2v) is 7.80. The lowest BCUT2D eigenvalue weighted by Gasteiger charge is -2.32. The molecule has 1 fully saturated rings. The van der Waals surface area contributed by atoms with Crippen molar-refractivity contribution in [3.63, 3.8) is 0 Å². The zero-order chi connectivity index (χ0) is 19.8. The molecule has 144 valence electrons. The molecule has 1 aromatic carbocycles. The molecule has 1 saturated heterocycles. The van der Waals surface area contributed by atoms with Crippen molar-refractivity contribution in [3.8, 4) is 11.7 Å². The third-order valence-electron chi connectivity index (χ3n) is 5.19. The fourth-order valence-electron chi connectivity index (χ4n) is 2.81. The molecule has 0 radical (unpaired) electrons. The van der Waals surface area contributed by atoms with Crippen molar-refractivity contribution in [2.75, 3.05) is 0 Å². The Labute approximate surface area is 164 Å². The summed E-state index contributed by atoms with van der Waals surface area (Å²) in [5, 5.41) is 4.38. The molecular formula is C20H23BN4O3. The highest BCUT2D eigenvalue weighted by molar-refractivity contribution is 6.62. The highest BCUT2D eigenvalue weighted by atomic mass is 16.7. The molecule has 0 atom stereocenters. The third-order valence-corrected chi connectivity index (χ3v) is 5.19. The zero-order valence-corrected chi connectivity index (χ0v) is 16.5. The highest BCUT2D eigenvalue weighted by Gasteiger charge is 2.52. The Morgan fingerprint density at radius 1 is 1.00 bits per heavy atom. The number of aromatic nitrogens is 4. The van der Waals surface area contributed by atoms with E-state index in [0.717, 1.165) is 11.0 Å². The molecule has 0 spiro atoms. The van der Waals surface area contributed by atoms with Crippen molar-refractivity contribution in [3.05, 3.63) is 60.7 Å². The number of nitrogens with zero attached hydrogens (tertiary/aromatic N) is 4. The van der Waals surface area contributed by atoms with E-state index in [1.54, 1.807) is 23.3 Å². The van der Waals surface area contributed by atoms with Gasteiger partial charge in [0, 0.05) is 17.9 Å². The molecular weight excluding hydrogens is 355 g/mol. The Morgan fingerprint density at radius 3 is 2.43 bits per heavy atom. The van der Waals surface area contributed by atoms with Crippen LogP contribution in [0.3, 0.4) is 0 Å². The van der Waals surface area contributed by atoms with Crippen LogP contribution in [0.15, 0.2) is 55.1 Å². The van der Waals surface area contributed by atoms with Crippen LogP contribution in [0.25, 0.3) is 5.82 Å². The van der Waals surface area contributed by atoms with Gasteiger partial charge in [0.2, 0.25) is 5.88 Å². The molecule has 0 saturated carbocycles. The summed E-state index contributed by atoms with van der Waals surface area (Å²) < 4.78 is 19.5. The summed E-state index contributed by atoms with van der Waals surface area (Å²) in [6.45, 7) is 8.52. The van der Waals surface area contributed by atoms with Crippen molar-refractivity contribution in [1.82, 2.24) is 19.7 Å². The molecule has 0 bridgehead atoms. The van der Waals surface area contributed by atoms with E-state index in [4.69, 9.17) is 14.0 Å². The topological polar surface area (TPSA) is 71.3 Å². The van der Waals surface area contributed by atoms with Crippen molar-refractivity contribution in [2.24, 2.45) is 0 Å². The maximum absolute atomic E-state index is 6.07. The molecule has 0 amide bonds. The minimum absolute atomic E-state index is 0.398. The quantitative estimate of drug-likeness (QED) is 0.636. The van der Waals surface area contributed by atoms with Crippen LogP contribution in [0.2, 0.25) is 0 Å². The van der Waals surface area contributed by atoms with Crippen LogP contribution < -0.4 is 10.2 Å². The van der Waals surface area contributed by atoms with E-state index >= 15 is 0 Å². The average molecular weight is 378 g/mol. The van der Waals surface area contributed by atoms with Gasteiger partial charge in [-0.3, -0.25) is 4.98 Å². The third kappa shape index (κ3) is 3.65. The smallest absolute Gasteiger partial charge is 0.472 e. The van der Waals surface area contributed by atoms with E-state index in [1.165, 1.54) is 0 Å². The second kappa shape index (κ2) is 7.03. The minimum atomic E-state index is -0.468. The van der Waals surface area contributed by atoms with Crippen molar-refractivity contribution in [2.45, 2.75) is 45.5 Å². The monoisotopic (exact) mass is 378 g/mol. The first-order valence-electron chi connectivity index (χ1n) is 9.23. The van der Waals surface area contributed by atoms with Crippen LogP contribution in [-0.2, 0) is 15.9 Å². The van der Waals surface area contributed by atoms with Crippen LogP contribution in [0.5, 0.6) is 5.88 Å². The molecule has 8 heteroatoms. The summed E-state index contributed by atoms with van der Waals surface area (Å²) in [4.78, 5) is 8.70. The van der Waals surface area contributed by atoms with Gasteiger partial charge in [-0.1, -0.05) is 30.3 Å². The van der Waals surface area contributed by atoms with Gasteiger partial charge in [0.1, 0.15) is 6.61 Å². The van der Waals surface area contributed by atoms with Gasteiger partial charge in [-0.2, -0.15) is 10.1 Å². The average Bonchev–Trinajstić information content (AvgIpc) is 3.24. The predicted octanol–water partition coefficient (Wildman–Crippen LogP) is 2.54. The van der Waals surface area contributed by atoms with Crippen LogP contribution in [0.1, 0.15) is 33.3 Å². The summed E-state index contributed by atoms with van der Waals surface area (Å²) in [6.07, 6.45) is 6.79. The van der Waals surface area contributed by atoms with Gasteiger partial charge in [-0.25, -0.2) is 4.68 Å². The van der Waals surface area contributed by atoms with Crippen molar-refractivity contribution in [1.29, 1.82) is 0 Å². The predicted molar refractivity (Wildman–Crippen MR) is 106 cm³/mol. The zero-order valence-electron chi connectivity index (χ0n) is 16.5. The highest BCUT2D eigenvalue weighted by Crippen LogP contribution is 2.36. The Morgan fingerprint density at radius 2 is 1.71 bits per heavy atom. The van der Waals surface area contributed by atoms with E-state index in [-0.39, 0.29) is 0 Å². The van der Waals surface area contributed by atoms with Crippen LogP contribution >= 0.6 is 0 Å². The standard InChI is InChI=1S/C20H23BN4O3/c1-19(2)20(3,4)28-21(27-19)16-10-23-25(13-16)17-11-22-12-18(24-17)26-14-15-8-6-5-7-9-15/h5-13H,14H2,1-4H3. The molecule has 28 heavy (non-hydrogen) atoms. The van der Waals surface area contributed by atoms with E-state index in [9.17, 15) is 0 Å². The first-order valence-corrected chi connectivity index (χ1v) is 9.23. The van der Waals surface area contributed by atoms with Gasteiger partial charge in [0.05, 0.1) is 23.6 Å². The van der Waals surface area contributed by atoms with Gasteiger partial charge in [-0.15, -0.1) is 0 Å². The lowest BCUT2D eigenvalue weighted by atomic mass is 9.82. The Kier molecular flexibility index (Phi) is 4.68. The summed E-state index contributed by atoms with van der Waals surface area (Å²) >= 11 is 0. The Bertz CT molecular complexity index is 943. The second-order valence-electron chi connectivity index (χ2n) is 7.80. The van der Waals surface area contributed by atoms with Crippen molar-refractivity contribution < 1.29 is 14.0 Å². The van der Waals surface area contributed by atoms with Gasteiger partial charge in [0.15, 0.2) is 5.82 Å². The first kappa shape index (κ1) is 18.6. The van der Waals surface area contributed by atoms with E-state index in [1.807, 2.05) is 64.2 Å². The number of ether oxygens (including phenoxy) is 1. The molecule has 0 N–H and O–H groups in total. The van der Waals surface area contributed by atoms with Crippen LogP contribution in [0.4, 0.5) is 0 Å². The van der Waals surface area contributed by atoms with Gasteiger partial charge in [0.25, 0.3) is 0 Å². The number of hydrogen-bond acceptors (Lipinski definition) is 6.